The summed E-state index contributed by atoms with van der Waals surface area (Å²) in [6, 6.07) is 0. The van der Waals surface area contributed by atoms with Gasteiger partial charge in [-0.25, -0.2) is 0 Å². The van der Waals surface area contributed by atoms with Crippen LogP contribution < -0.4 is 5.73 Å². The van der Waals surface area contributed by atoms with Crippen molar-refractivity contribution in [1.82, 2.24) is 0 Å². The van der Waals surface area contributed by atoms with E-state index in [0.29, 0.717) is 6.42 Å². The van der Waals surface area contributed by atoms with Crippen LogP contribution in [0, 0.1) is 5.92 Å². The van der Waals surface area contributed by atoms with Gasteiger partial charge in [0.1, 0.15) is 12.8 Å². The third kappa shape index (κ3) is 1.50. The fourth-order valence-corrected chi connectivity index (χ4v) is 0.888. The molecule has 0 aromatic rings. The monoisotopic (exact) mass is 129 g/mol. The maximum Gasteiger partial charge on any atom is 0.158 e. The second-order valence-electron chi connectivity index (χ2n) is 2.50. The Morgan fingerprint density at radius 3 is 2.89 bits per heavy atom. The predicted octanol–water partition coefficient (Wildman–Crippen LogP) is -0.103. The average Bonchev–Trinajstić information content (AvgIpc) is 1.80. The molecule has 0 radical (unpaired) electrons. The molecule has 1 unspecified atom stereocenters. The van der Waals surface area contributed by atoms with Crippen molar-refractivity contribution in [2.45, 2.75) is 19.6 Å². The summed E-state index contributed by atoms with van der Waals surface area (Å²) in [5.41, 5.74) is 5.47. The number of carbonyl (C=O) groups excluding carboxylic acids is 1. The van der Waals surface area contributed by atoms with Gasteiger partial charge in [-0.15, -0.1) is 0 Å². The number of Topliss-reactive ketones (excluding diaryl/α,β-unsaturated/α-hetero) is 1. The molecule has 1 heterocycles. The first-order chi connectivity index (χ1) is 4.20. The minimum atomic E-state index is -0.234. The van der Waals surface area contributed by atoms with Crippen LogP contribution in [-0.4, -0.2) is 18.6 Å². The van der Waals surface area contributed by atoms with Gasteiger partial charge in [-0.3, -0.25) is 4.79 Å². The summed E-state index contributed by atoms with van der Waals surface area (Å²) in [5.74, 6) is 0.343. The molecular weight excluding hydrogens is 118 g/mol. The third-order valence-corrected chi connectivity index (χ3v) is 1.55. The Hall–Kier alpha value is -0.410. The van der Waals surface area contributed by atoms with E-state index >= 15 is 0 Å². The zero-order valence-electron chi connectivity index (χ0n) is 5.46. The molecule has 2 atom stereocenters. The second-order valence-corrected chi connectivity index (χ2v) is 2.50. The van der Waals surface area contributed by atoms with Crippen molar-refractivity contribution in [3.05, 3.63) is 0 Å². The summed E-state index contributed by atoms with van der Waals surface area (Å²) in [7, 11) is 0. The molecule has 0 aromatic heterocycles. The van der Waals surface area contributed by atoms with E-state index in [-0.39, 0.29) is 24.5 Å². The van der Waals surface area contributed by atoms with E-state index in [9.17, 15) is 4.79 Å². The quantitative estimate of drug-likeness (QED) is 0.496. The zero-order chi connectivity index (χ0) is 6.85. The van der Waals surface area contributed by atoms with Gasteiger partial charge < -0.3 is 10.5 Å². The number of carbonyl (C=O) groups is 1. The lowest BCUT2D eigenvalue weighted by Gasteiger charge is -2.24. The lowest BCUT2D eigenvalue weighted by Crippen LogP contribution is -2.39. The van der Waals surface area contributed by atoms with Gasteiger partial charge in [0.2, 0.25) is 0 Å². The minimum absolute atomic E-state index is 0.157. The Labute approximate surface area is 54.2 Å². The number of nitrogens with two attached hydrogens (primary N) is 1. The zero-order valence-corrected chi connectivity index (χ0v) is 5.46. The van der Waals surface area contributed by atoms with Gasteiger partial charge in [-0.05, 0) is 0 Å². The van der Waals surface area contributed by atoms with Gasteiger partial charge in [0.15, 0.2) is 5.78 Å². The first-order valence-electron chi connectivity index (χ1n) is 3.09. The predicted molar refractivity (Wildman–Crippen MR) is 32.7 cm³/mol. The van der Waals surface area contributed by atoms with Gasteiger partial charge in [0, 0.05) is 12.3 Å². The van der Waals surface area contributed by atoms with Crippen molar-refractivity contribution in [2.75, 3.05) is 6.61 Å². The van der Waals surface area contributed by atoms with E-state index in [1.807, 2.05) is 6.92 Å². The first-order valence-corrected chi connectivity index (χ1v) is 3.09. The Morgan fingerprint density at radius 2 is 2.44 bits per heavy atom. The molecule has 1 aliphatic rings. The molecule has 0 spiro atoms. The van der Waals surface area contributed by atoms with Crippen LogP contribution >= 0.6 is 0 Å². The highest BCUT2D eigenvalue weighted by atomic mass is 16.5. The number of hydrogen-bond acceptors (Lipinski definition) is 3. The highest BCUT2D eigenvalue weighted by molar-refractivity contribution is 5.80. The summed E-state index contributed by atoms with van der Waals surface area (Å²) < 4.78 is 4.93. The molecule has 1 aliphatic heterocycles. The largest absolute Gasteiger partial charge is 0.356 e. The van der Waals surface area contributed by atoms with Crippen LogP contribution in [0.25, 0.3) is 0 Å². The van der Waals surface area contributed by atoms with Crippen molar-refractivity contribution in [3.8, 4) is 0 Å². The summed E-state index contributed by atoms with van der Waals surface area (Å²) in [6.45, 7) is 2.12. The third-order valence-electron chi connectivity index (χ3n) is 1.55. The molecular formula is C6H11NO2. The van der Waals surface area contributed by atoms with Crippen LogP contribution in [0.5, 0.6) is 0 Å². The Kier molecular flexibility index (Phi) is 1.83. The van der Waals surface area contributed by atoms with E-state index in [4.69, 9.17) is 10.5 Å². The molecule has 3 nitrogen and oxygen atoms in total. The topological polar surface area (TPSA) is 52.3 Å². The number of hydrogen-bond donors (Lipinski definition) is 1. The van der Waals surface area contributed by atoms with Crippen molar-refractivity contribution >= 4 is 5.78 Å². The van der Waals surface area contributed by atoms with Gasteiger partial charge in [-0.1, -0.05) is 6.92 Å². The van der Waals surface area contributed by atoms with Gasteiger partial charge in [0.05, 0.1) is 0 Å². The number of ether oxygens (including phenoxy) is 1. The van der Waals surface area contributed by atoms with Crippen LogP contribution in [0.3, 0.4) is 0 Å². The van der Waals surface area contributed by atoms with Crippen LogP contribution in [0.15, 0.2) is 0 Å². The molecule has 9 heavy (non-hydrogen) atoms. The van der Waals surface area contributed by atoms with Crippen molar-refractivity contribution in [1.29, 1.82) is 0 Å². The Morgan fingerprint density at radius 1 is 1.78 bits per heavy atom. The molecule has 52 valence electrons. The van der Waals surface area contributed by atoms with Gasteiger partial charge in [-0.2, -0.15) is 0 Å². The highest BCUT2D eigenvalue weighted by Gasteiger charge is 2.22. The lowest BCUT2D eigenvalue weighted by molar-refractivity contribution is -0.135. The fourth-order valence-electron chi connectivity index (χ4n) is 0.888. The first kappa shape index (κ1) is 6.71. The standard InChI is InChI=1S/C6H11NO2/c1-4-2-5(8)3-9-6(4)7/h4,6H,2-3,7H2,1H3/t4-,6?/m0/s1. The molecule has 0 bridgehead atoms. The molecule has 0 amide bonds. The Balaban J connectivity index is 2.44. The number of ketones is 1. The summed E-state index contributed by atoms with van der Waals surface area (Å²) in [4.78, 5) is 10.6. The maximum absolute atomic E-state index is 10.6. The molecule has 1 rings (SSSR count). The smallest absolute Gasteiger partial charge is 0.158 e. The SMILES string of the molecule is C[C@H]1CC(=O)COC1N. The fraction of sp³-hybridized carbons (Fsp3) is 0.833. The molecule has 2 N–H and O–H groups in total. The van der Waals surface area contributed by atoms with E-state index in [0.717, 1.165) is 0 Å². The molecule has 1 fully saturated rings. The van der Waals surface area contributed by atoms with Crippen molar-refractivity contribution in [3.63, 3.8) is 0 Å². The Bertz CT molecular complexity index is 124. The molecule has 3 heteroatoms. The lowest BCUT2D eigenvalue weighted by atomic mass is 10.0. The van der Waals surface area contributed by atoms with Crippen molar-refractivity contribution < 1.29 is 9.53 Å². The normalized spacial score (nSPS) is 36.9. The summed E-state index contributed by atoms with van der Waals surface area (Å²) in [6.07, 6.45) is 0.337. The van der Waals surface area contributed by atoms with Crippen LogP contribution in [0.4, 0.5) is 0 Å². The van der Waals surface area contributed by atoms with E-state index in [1.165, 1.54) is 0 Å². The van der Waals surface area contributed by atoms with Crippen LogP contribution in [0.1, 0.15) is 13.3 Å². The van der Waals surface area contributed by atoms with Crippen LogP contribution in [0.2, 0.25) is 0 Å². The van der Waals surface area contributed by atoms with Gasteiger partial charge in [0.25, 0.3) is 0 Å². The van der Waals surface area contributed by atoms with E-state index in [2.05, 4.69) is 0 Å². The van der Waals surface area contributed by atoms with Gasteiger partial charge >= 0.3 is 0 Å². The molecule has 0 saturated carbocycles. The molecule has 0 aromatic carbocycles. The van der Waals surface area contributed by atoms with Crippen molar-refractivity contribution in [2.24, 2.45) is 11.7 Å². The van der Waals surface area contributed by atoms with Crippen LogP contribution in [-0.2, 0) is 9.53 Å². The number of rotatable bonds is 0. The molecule has 0 aliphatic carbocycles. The summed E-state index contributed by atoms with van der Waals surface area (Å²) in [5, 5.41) is 0. The van der Waals surface area contributed by atoms with E-state index < -0.39 is 0 Å². The maximum atomic E-state index is 10.6. The molecule has 1 saturated heterocycles. The van der Waals surface area contributed by atoms with E-state index in [1.54, 1.807) is 0 Å². The second kappa shape index (κ2) is 2.45. The highest BCUT2D eigenvalue weighted by Crippen LogP contribution is 2.13. The minimum Gasteiger partial charge on any atom is -0.356 e. The average molecular weight is 129 g/mol. The summed E-state index contributed by atoms with van der Waals surface area (Å²) >= 11 is 0.